The van der Waals surface area contributed by atoms with Crippen molar-refractivity contribution in [2.24, 2.45) is 0 Å². The van der Waals surface area contributed by atoms with E-state index < -0.39 is 14.5 Å². The van der Waals surface area contributed by atoms with Crippen LogP contribution in [0.5, 0.6) is 0 Å². The Labute approximate surface area is 136 Å². The van der Waals surface area contributed by atoms with E-state index in [9.17, 15) is 0 Å². The SMILES string of the molecule is CCCCCCCC[PH]1(CCC)CC[PH](C)(CCC)CC1. The van der Waals surface area contributed by atoms with Gasteiger partial charge < -0.3 is 0 Å². The molecule has 0 aromatic heterocycles. The number of hydrogen-bond acceptors (Lipinski definition) is 0. The van der Waals surface area contributed by atoms with Gasteiger partial charge in [-0.15, -0.1) is 0 Å². The first kappa shape index (κ1) is 19.9. The van der Waals surface area contributed by atoms with E-state index in [1.54, 1.807) is 49.6 Å². The second-order valence-corrected chi connectivity index (χ2v) is 18.4. The molecule has 0 unspecified atom stereocenters. The first-order valence-corrected chi connectivity index (χ1v) is 16.0. The van der Waals surface area contributed by atoms with Crippen LogP contribution >= 0.6 is 14.5 Å². The summed E-state index contributed by atoms with van der Waals surface area (Å²) in [7, 11) is -1.62. The second-order valence-electron chi connectivity index (χ2n) is 8.33. The van der Waals surface area contributed by atoms with Crippen molar-refractivity contribution in [3.8, 4) is 0 Å². The molecule has 0 saturated carbocycles. The third-order valence-electron chi connectivity index (χ3n) is 6.21. The van der Waals surface area contributed by atoms with Gasteiger partial charge in [0.15, 0.2) is 0 Å². The summed E-state index contributed by atoms with van der Waals surface area (Å²) in [6.45, 7) is 9.88. The van der Waals surface area contributed by atoms with Crippen molar-refractivity contribution in [2.45, 2.75) is 72.1 Å². The zero-order valence-corrected chi connectivity index (χ0v) is 17.6. The molecule has 0 radical (unpaired) electrons. The van der Waals surface area contributed by atoms with Gasteiger partial charge in [-0.05, 0) is 0 Å². The summed E-state index contributed by atoms with van der Waals surface area (Å²) in [6, 6.07) is 0. The number of unbranched alkanes of at least 4 members (excludes halogenated alkanes) is 5. The van der Waals surface area contributed by atoms with Crippen LogP contribution < -0.4 is 0 Å². The quantitative estimate of drug-likeness (QED) is 0.307. The second kappa shape index (κ2) is 10.6. The molecule has 1 saturated heterocycles. The third kappa shape index (κ3) is 7.31. The number of rotatable bonds is 11. The fourth-order valence-corrected chi connectivity index (χ4v) is 19.3. The Hall–Kier alpha value is 0.860. The molecule has 1 heterocycles. The molecule has 0 bridgehead atoms. The normalized spacial score (nSPS) is 23.6. The van der Waals surface area contributed by atoms with Crippen LogP contribution in [0.2, 0.25) is 0 Å². The van der Waals surface area contributed by atoms with E-state index >= 15 is 0 Å². The molecule has 0 nitrogen and oxygen atoms in total. The molecular formula is C19H44P2. The van der Waals surface area contributed by atoms with Crippen LogP contribution in [0.3, 0.4) is 0 Å². The minimum absolute atomic E-state index is 0.785. The molecule has 0 aromatic rings. The average molecular weight is 335 g/mol. The molecule has 21 heavy (non-hydrogen) atoms. The van der Waals surface area contributed by atoms with Gasteiger partial charge in [-0.1, -0.05) is 0 Å². The van der Waals surface area contributed by atoms with Crippen LogP contribution in [-0.2, 0) is 0 Å². The van der Waals surface area contributed by atoms with E-state index in [-0.39, 0.29) is 0 Å². The Balaban J connectivity index is 2.35. The van der Waals surface area contributed by atoms with Gasteiger partial charge in [-0.2, -0.15) is 0 Å². The predicted molar refractivity (Wildman–Crippen MR) is 111 cm³/mol. The van der Waals surface area contributed by atoms with E-state index in [1.807, 2.05) is 0 Å². The van der Waals surface area contributed by atoms with Gasteiger partial charge in [0.1, 0.15) is 0 Å². The van der Waals surface area contributed by atoms with Crippen LogP contribution in [-0.4, -0.2) is 49.8 Å². The summed E-state index contributed by atoms with van der Waals surface area (Å²) < 4.78 is 0. The summed E-state index contributed by atoms with van der Waals surface area (Å²) in [5, 5.41) is 0. The Morgan fingerprint density at radius 1 is 0.571 bits per heavy atom. The van der Waals surface area contributed by atoms with Gasteiger partial charge in [0, 0.05) is 0 Å². The third-order valence-corrected chi connectivity index (χ3v) is 17.4. The Morgan fingerprint density at radius 3 is 1.71 bits per heavy atom. The van der Waals surface area contributed by atoms with Crippen molar-refractivity contribution < 1.29 is 0 Å². The molecule has 1 fully saturated rings. The monoisotopic (exact) mass is 334 g/mol. The fraction of sp³-hybridized carbons (Fsp3) is 1.00. The zero-order chi connectivity index (χ0) is 15.6. The van der Waals surface area contributed by atoms with Crippen molar-refractivity contribution in [1.82, 2.24) is 0 Å². The Bertz CT molecular complexity index is 254. The molecule has 1 rings (SSSR count). The molecule has 1 aliphatic heterocycles. The first-order valence-electron chi connectivity index (χ1n) is 10.1. The summed E-state index contributed by atoms with van der Waals surface area (Å²) >= 11 is 0. The van der Waals surface area contributed by atoms with Crippen LogP contribution in [0.15, 0.2) is 0 Å². The number of hydrogen-bond donors (Lipinski definition) is 0. The molecule has 0 atom stereocenters. The van der Waals surface area contributed by atoms with Gasteiger partial charge in [-0.3, -0.25) is 0 Å². The maximum atomic E-state index is 2.71. The van der Waals surface area contributed by atoms with Gasteiger partial charge >= 0.3 is 136 Å². The van der Waals surface area contributed by atoms with Gasteiger partial charge in [0.2, 0.25) is 0 Å². The standard InChI is InChI=1S/C19H44P2/c1-5-8-9-10-11-12-15-21(14-7-3)18-16-20(4,13-6-2)17-19-21/h20-21H,5-19H2,1-4H3. The van der Waals surface area contributed by atoms with Crippen molar-refractivity contribution in [1.29, 1.82) is 0 Å². The molecule has 130 valence electrons. The van der Waals surface area contributed by atoms with Crippen molar-refractivity contribution in [3.63, 3.8) is 0 Å². The van der Waals surface area contributed by atoms with Crippen LogP contribution in [0.25, 0.3) is 0 Å². The summed E-state index contributed by atoms with van der Waals surface area (Å²) in [6.07, 6.45) is 23.6. The molecule has 0 aliphatic carbocycles. The van der Waals surface area contributed by atoms with E-state index in [4.69, 9.17) is 0 Å². The fourth-order valence-electron chi connectivity index (χ4n) is 4.67. The van der Waals surface area contributed by atoms with E-state index in [0.29, 0.717) is 0 Å². The van der Waals surface area contributed by atoms with Crippen molar-refractivity contribution >= 4 is 14.5 Å². The molecule has 1 aliphatic rings. The van der Waals surface area contributed by atoms with Crippen molar-refractivity contribution in [2.75, 3.05) is 49.8 Å². The van der Waals surface area contributed by atoms with Gasteiger partial charge in [-0.25, -0.2) is 0 Å². The molecule has 0 amide bonds. The Kier molecular flexibility index (Phi) is 10.0. The summed E-state index contributed by atoms with van der Waals surface area (Å²) in [5.41, 5.74) is 0. The van der Waals surface area contributed by atoms with E-state index in [2.05, 4.69) is 27.4 Å². The molecule has 0 N–H and O–H groups in total. The topological polar surface area (TPSA) is 0 Å². The summed E-state index contributed by atoms with van der Waals surface area (Å²) in [5.74, 6) is 0. The molecule has 2 heteroatoms. The molecular weight excluding hydrogens is 290 g/mol. The molecule has 0 aromatic carbocycles. The zero-order valence-electron chi connectivity index (χ0n) is 15.6. The minimum atomic E-state index is -0.834. The van der Waals surface area contributed by atoms with Crippen LogP contribution in [0.4, 0.5) is 0 Å². The average Bonchev–Trinajstić information content (AvgIpc) is 2.47. The van der Waals surface area contributed by atoms with E-state index in [0.717, 1.165) is 0 Å². The van der Waals surface area contributed by atoms with Crippen LogP contribution in [0.1, 0.15) is 72.1 Å². The summed E-state index contributed by atoms with van der Waals surface area (Å²) in [4.78, 5) is 0. The van der Waals surface area contributed by atoms with Crippen molar-refractivity contribution in [3.05, 3.63) is 0 Å². The predicted octanol–water partition coefficient (Wildman–Crippen LogP) is 6.31. The van der Waals surface area contributed by atoms with Gasteiger partial charge in [0.05, 0.1) is 0 Å². The maximum absolute atomic E-state index is 2.71. The Morgan fingerprint density at radius 2 is 1.14 bits per heavy atom. The van der Waals surface area contributed by atoms with E-state index in [1.165, 1.54) is 44.9 Å². The first-order chi connectivity index (χ1) is 10.1. The van der Waals surface area contributed by atoms with Gasteiger partial charge in [0.25, 0.3) is 0 Å². The van der Waals surface area contributed by atoms with Crippen LogP contribution in [0, 0.1) is 0 Å². The molecule has 0 spiro atoms.